The van der Waals surface area contributed by atoms with E-state index in [0.29, 0.717) is 11.5 Å². The predicted molar refractivity (Wildman–Crippen MR) is 101 cm³/mol. The van der Waals surface area contributed by atoms with Crippen molar-refractivity contribution in [3.05, 3.63) is 0 Å². The molecule has 0 unspecified atom stereocenters. The second kappa shape index (κ2) is 8.51. The zero-order valence-electron chi connectivity index (χ0n) is 16.4. The van der Waals surface area contributed by atoms with Crippen LogP contribution in [0.25, 0.3) is 0 Å². The number of hydrogen-bond donors (Lipinski definition) is 0. The molecule has 0 amide bonds. The fourth-order valence-electron chi connectivity index (χ4n) is 5.33. The molecule has 3 nitrogen and oxygen atoms in total. The monoisotopic (exact) mass is 336 g/mol. The molecule has 24 heavy (non-hydrogen) atoms. The molecule has 0 atom stereocenters. The topological polar surface area (TPSA) is 15.7 Å². The van der Waals surface area contributed by atoms with E-state index in [2.05, 4.69) is 30.6 Å². The second-order valence-electron chi connectivity index (χ2n) is 9.03. The molecule has 0 N–H and O–H groups in total. The maximum Gasteiger partial charge on any atom is 0.0575 e. The molecule has 0 aromatic rings. The maximum absolute atomic E-state index is 5.85. The first kappa shape index (κ1) is 18.7. The van der Waals surface area contributed by atoms with Crippen LogP contribution < -0.4 is 0 Å². The van der Waals surface area contributed by atoms with Crippen molar-refractivity contribution in [2.45, 2.75) is 84.3 Å². The highest BCUT2D eigenvalue weighted by Crippen LogP contribution is 2.45. The average molecular weight is 337 g/mol. The normalized spacial score (nSPS) is 28.0. The molecule has 0 aromatic heterocycles. The van der Waals surface area contributed by atoms with Crippen LogP contribution in [0.3, 0.4) is 0 Å². The molecule has 2 heterocycles. The molecule has 140 valence electrons. The number of nitrogens with zero attached hydrogens (tertiary/aromatic N) is 2. The van der Waals surface area contributed by atoms with Gasteiger partial charge in [0.25, 0.3) is 0 Å². The lowest BCUT2D eigenvalue weighted by atomic mass is 9.67. The Bertz CT molecular complexity index is 358. The Kier molecular flexibility index (Phi) is 6.62. The van der Waals surface area contributed by atoms with Crippen LogP contribution in [0.2, 0.25) is 0 Å². The number of piperidine rings is 2. The van der Waals surface area contributed by atoms with E-state index >= 15 is 0 Å². The van der Waals surface area contributed by atoms with Crippen molar-refractivity contribution in [2.24, 2.45) is 11.3 Å². The van der Waals surface area contributed by atoms with Crippen LogP contribution in [0.1, 0.15) is 72.1 Å². The Morgan fingerprint density at radius 3 is 2.08 bits per heavy atom. The van der Waals surface area contributed by atoms with Crippen LogP contribution in [0, 0.1) is 11.3 Å². The molecule has 2 saturated heterocycles. The van der Waals surface area contributed by atoms with Gasteiger partial charge in [0, 0.05) is 19.2 Å². The zero-order valence-corrected chi connectivity index (χ0v) is 16.4. The molecule has 1 saturated carbocycles. The predicted octanol–water partition coefficient (Wildman–Crippen LogP) is 4.17. The van der Waals surface area contributed by atoms with E-state index in [9.17, 15) is 0 Å². The van der Waals surface area contributed by atoms with E-state index in [1.807, 2.05) is 0 Å². The van der Waals surface area contributed by atoms with Gasteiger partial charge in [-0.15, -0.1) is 0 Å². The van der Waals surface area contributed by atoms with E-state index in [4.69, 9.17) is 4.74 Å². The summed E-state index contributed by atoms with van der Waals surface area (Å²) in [6, 6.07) is 0.729. The minimum absolute atomic E-state index is 0.560. The van der Waals surface area contributed by atoms with Gasteiger partial charge in [-0.05, 0) is 110 Å². The first-order chi connectivity index (χ1) is 11.6. The summed E-state index contributed by atoms with van der Waals surface area (Å²) in [5.41, 5.74) is 0.672. The van der Waals surface area contributed by atoms with Crippen LogP contribution in [0.5, 0.6) is 0 Å². The van der Waals surface area contributed by atoms with Crippen molar-refractivity contribution in [1.29, 1.82) is 0 Å². The Morgan fingerprint density at radius 1 is 0.917 bits per heavy atom. The Hall–Kier alpha value is -0.120. The van der Waals surface area contributed by atoms with Crippen molar-refractivity contribution in [3.8, 4) is 0 Å². The van der Waals surface area contributed by atoms with Crippen molar-refractivity contribution >= 4 is 0 Å². The van der Waals surface area contributed by atoms with Crippen molar-refractivity contribution < 1.29 is 4.74 Å². The number of ether oxygens (including phenoxy) is 1. The van der Waals surface area contributed by atoms with E-state index in [1.165, 1.54) is 84.1 Å². The summed E-state index contributed by atoms with van der Waals surface area (Å²) in [7, 11) is 0. The summed E-state index contributed by atoms with van der Waals surface area (Å²) in [5, 5.41) is 0. The van der Waals surface area contributed by atoms with E-state index in [1.54, 1.807) is 0 Å². The largest absolute Gasteiger partial charge is 0.379 e. The maximum atomic E-state index is 5.85. The Morgan fingerprint density at radius 2 is 1.54 bits per heavy atom. The van der Waals surface area contributed by atoms with Crippen LogP contribution in [-0.2, 0) is 4.74 Å². The van der Waals surface area contributed by atoms with Gasteiger partial charge >= 0.3 is 0 Å². The van der Waals surface area contributed by atoms with Crippen LogP contribution in [0.15, 0.2) is 0 Å². The molecule has 2 aliphatic heterocycles. The SMILES string of the molecule is CCOC1CCC2(CC1)CCN(CC1CCN(C(C)C)CC1)CC2. The molecule has 3 fully saturated rings. The lowest BCUT2D eigenvalue weighted by Crippen LogP contribution is -2.46. The minimum atomic E-state index is 0.560. The summed E-state index contributed by atoms with van der Waals surface area (Å²) in [5.74, 6) is 0.947. The summed E-state index contributed by atoms with van der Waals surface area (Å²) >= 11 is 0. The van der Waals surface area contributed by atoms with Gasteiger partial charge in [0.05, 0.1) is 6.10 Å². The van der Waals surface area contributed by atoms with Gasteiger partial charge in [0.2, 0.25) is 0 Å². The van der Waals surface area contributed by atoms with Crippen molar-refractivity contribution in [1.82, 2.24) is 9.80 Å². The second-order valence-corrected chi connectivity index (χ2v) is 9.03. The van der Waals surface area contributed by atoms with Gasteiger partial charge in [-0.1, -0.05) is 0 Å². The highest BCUT2D eigenvalue weighted by atomic mass is 16.5. The molecule has 3 rings (SSSR count). The third-order valence-corrected chi connectivity index (χ3v) is 7.21. The van der Waals surface area contributed by atoms with E-state index in [0.717, 1.165) is 18.6 Å². The van der Waals surface area contributed by atoms with Crippen LogP contribution in [-0.4, -0.2) is 61.3 Å². The van der Waals surface area contributed by atoms with Crippen molar-refractivity contribution in [3.63, 3.8) is 0 Å². The standard InChI is InChI=1S/C21H40N2O/c1-4-24-20-5-9-21(10-6-20)11-15-22(16-12-21)17-19-7-13-23(14-8-19)18(2)3/h18-20H,4-17H2,1-3H3. The molecule has 0 bridgehead atoms. The fraction of sp³-hybridized carbons (Fsp3) is 1.00. The summed E-state index contributed by atoms with van der Waals surface area (Å²) in [6.45, 7) is 14.4. The fourth-order valence-corrected chi connectivity index (χ4v) is 5.33. The highest BCUT2D eigenvalue weighted by molar-refractivity contribution is 4.91. The molecule has 0 radical (unpaired) electrons. The molecule has 3 heteroatoms. The van der Waals surface area contributed by atoms with E-state index in [-0.39, 0.29) is 0 Å². The van der Waals surface area contributed by atoms with Crippen LogP contribution >= 0.6 is 0 Å². The Balaban J connectivity index is 1.37. The van der Waals surface area contributed by atoms with Gasteiger partial charge in [0.15, 0.2) is 0 Å². The third kappa shape index (κ3) is 4.74. The van der Waals surface area contributed by atoms with Crippen LogP contribution in [0.4, 0.5) is 0 Å². The Labute approximate surface area is 150 Å². The lowest BCUT2D eigenvalue weighted by molar-refractivity contribution is -0.0217. The zero-order chi connectivity index (χ0) is 17.0. The molecule has 1 aliphatic carbocycles. The van der Waals surface area contributed by atoms with E-state index < -0.39 is 0 Å². The third-order valence-electron chi connectivity index (χ3n) is 7.21. The summed E-state index contributed by atoms with van der Waals surface area (Å²) in [4.78, 5) is 5.44. The molecule has 1 spiro atoms. The first-order valence-electron chi connectivity index (χ1n) is 10.7. The van der Waals surface area contributed by atoms with Crippen molar-refractivity contribution in [2.75, 3.05) is 39.3 Å². The molecule has 3 aliphatic rings. The number of likely N-dealkylation sites (tertiary alicyclic amines) is 2. The number of hydrogen-bond acceptors (Lipinski definition) is 3. The highest BCUT2D eigenvalue weighted by Gasteiger charge is 2.38. The lowest BCUT2D eigenvalue weighted by Gasteiger charge is -2.47. The molecular weight excluding hydrogens is 296 g/mol. The molecule has 0 aromatic carbocycles. The van der Waals surface area contributed by atoms with Gasteiger partial charge in [-0.2, -0.15) is 0 Å². The number of rotatable bonds is 5. The van der Waals surface area contributed by atoms with Gasteiger partial charge in [0.1, 0.15) is 0 Å². The average Bonchev–Trinajstić information content (AvgIpc) is 2.60. The summed E-state index contributed by atoms with van der Waals surface area (Å²) in [6.07, 6.45) is 11.7. The summed E-state index contributed by atoms with van der Waals surface area (Å²) < 4.78 is 5.85. The molecular formula is C21H40N2O. The van der Waals surface area contributed by atoms with Gasteiger partial charge in [-0.3, -0.25) is 0 Å². The minimum Gasteiger partial charge on any atom is -0.379 e. The quantitative estimate of drug-likeness (QED) is 0.749. The van der Waals surface area contributed by atoms with Gasteiger partial charge < -0.3 is 14.5 Å². The first-order valence-corrected chi connectivity index (χ1v) is 10.7. The van der Waals surface area contributed by atoms with Gasteiger partial charge in [-0.25, -0.2) is 0 Å². The smallest absolute Gasteiger partial charge is 0.0575 e.